The van der Waals surface area contributed by atoms with Gasteiger partial charge in [-0.2, -0.15) is 5.10 Å². The second kappa shape index (κ2) is 7.83. The predicted molar refractivity (Wildman–Crippen MR) is 134 cm³/mol. The predicted octanol–water partition coefficient (Wildman–Crippen LogP) is 6.11. The first kappa shape index (κ1) is 19.6. The summed E-state index contributed by atoms with van der Waals surface area (Å²) < 4.78 is 0. The largest absolute Gasteiger partial charge is 0.382 e. The molecule has 0 bridgehead atoms. The number of hydrogen-bond donors (Lipinski definition) is 3. The van der Waals surface area contributed by atoms with E-state index < -0.39 is 0 Å². The molecular formula is C25H21N7S. The second-order valence-corrected chi connectivity index (χ2v) is 9.19. The highest BCUT2D eigenvalue weighted by Crippen LogP contribution is 2.34. The third-order valence-electron chi connectivity index (χ3n) is 5.49. The van der Waals surface area contributed by atoms with Gasteiger partial charge in [0.2, 0.25) is 0 Å². The lowest BCUT2D eigenvalue weighted by molar-refractivity contribution is 0.898. The van der Waals surface area contributed by atoms with Crippen molar-refractivity contribution in [3.8, 4) is 33.1 Å². The maximum Gasteiger partial charge on any atom is 0.159 e. The van der Waals surface area contributed by atoms with Crippen LogP contribution in [0, 0.1) is 0 Å². The number of anilines is 1. The average Bonchev–Trinajstić information content (AvgIpc) is 3.57. The van der Waals surface area contributed by atoms with Crippen molar-refractivity contribution in [1.29, 1.82) is 0 Å². The molecule has 0 atom stereocenters. The summed E-state index contributed by atoms with van der Waals surface area (Å²) in [6, 6.07) is 12.8. The second-order valence-electron chi connectivity index (χ2n) is 8.24. The van der Waals surface area contributed by atoms with E-state index in [2.05, 4.69) is 74.0 Å². The molecule has 7 nitrogen and oxygen atoms in total. The number of hydrogen-bond acceptors (Lipinski definition) is 6. The highest BCUT2D eigenvalue weighted by molar-refractivity contribution is 7.13. The number of thiophene rings is 1. The lowest BCUT2D eigenvalue weighted by atomic mass is 10.0. The fraction of sp³-hybridized carbons (Fsp3) is 0.120. The van der Waals surface area contributed by atoms with E-state index in [4.69, 9.17) is 4.98 Å². The summed E-state index contributed by atoms with van der Waals surface area (Å²) >= 11 is 1.68. The van der Waals surface area contributed by atoms with Crippen LogP contribution < -0.4 is 5.32 Å². The molecule has 8 heteroatoms. The maximum absolute atomic E-state index is 4.92. The Balaban J connectivity index is 1.45. The van der Waals surface area contributed by atoms with Gasteiger partial charge in [0.05, 0.1) is 22.9 Å². The molecule has 3 N–H and O–H groups in total. The molecule has 0 saturated carbocycles. The Bertz CT molecular complexity index is 1580. The molecule has 0 aliphatic carbocycles. The van der Waals surface area contributed by atoms with Crippen molar-refractivity contribution in [3.63, 3.8) is 0 Å². The van der Waals surface area contributed by atoms with Gasteiger partial charge in [0, 0.05) is 46.0 Å². The molecule has 5 aromatic heterocycles. The van der Waals surface area contributed by atoms with Gasteiger partial charge in [-0.3, -0.25) is 15.1 Å². The van der Waals surface area contributed by atoms with Crippen LogP contribution in [0.25, 0.3) is 55.0 Å². The third kappa shape index (κ3) is 3.54. The molecule has 33 heavy (non-hydrogen) atoms. The number of aromatic nitrogens is 6. The van der Waals surface area contributed by atoms with Crippen molar-refractivity contribution < 1.29 is 0 Å². The van der Waals surface area contributed by atoms with E-state index in [1.165, 1.54) is 0 Å². The first-order valence-electron chi connectivity index (χ1n) is 10.7. The van der Waals surface area contributed by atoms with E-state index in [0.29, 0.717) is 11.9 Å². The van der Waals surface area contributed by atoms with Crippen LogP contribution in [-0.2, 0) is 0 Å². The topological polar surface area (TPSA) is 95.2 Å². The molecule has 5 heterocycles. The van der Waals surface area contributed by atoms with Crippen LogP contribution in [0.4, 0.5) is 5.69 Å². The molecule has 0 aliphatic heterocycles. The highest BCUT2D eigenvalue weighted by atomic mass is 32.1. The Hall–Kier alpha value is -4.04. The minimum Gasteiger partial charge on any atom is -0.382 e. The Kier molecular flexibility index (Phi) is 4.66. The molecule has 0 aliphatic rings. The summed E-state index contributed by atoms with van der Waals surface area (Å²) in [7, 11) is 0. The summed E-state index contributed by atoms with van der Waals surface area (Å²) in [5.74, 6) is 0.715. The van der Waals surface area contributed by atoms with E-state index in [1.54, 1.807) is 11.3 Å². The van der Waals surface area contributed by atoms with Gasteiger partial charge in [0.15, 0.2) is 5.82 Å². The Labute approximate surface area is 194 Å². The summed E-state index contributed by atoms with van der Waals surface area (Å²) in [4.78, 5) is 18.3. The number of imidazole rings is 1. The van der Waals surface area contributed by atoms with Crippen molar-refractivity contribution in [3.05, 3.63) is 66.6 Å². The molecule has 0 unspecified atom stereocenters. The number of benzene rings is 1. The molecule has 0 fully saturated rings. The number of rotatable bonds is 5. The van der Waals surface area contributed by atoms with Gasteiger partial charge in [-0.05, 0) is 49.1 Å². The smallest absolute Gasteiger partial charge is 0.159 e. The van der Waals surface area contributed by atoms with Crippen LogP contribution in [0.2, 0.25) is 0 Å². The van der Waals surface area contributed by atoms with Crippen LogP contribution in [0.3, 0.4) is 0 Å². The van der Waals surface area contributed by atoms with E-state index in [-0.39, 0.29) is 0 Å². The summed E-state index contributed by atoms with van der Waals surface area (Å²) in [6.45, 7) is 4.23. The number of nitrogens with one attached hydrogen (secondary N) is 3. The third-order valence-corrected chi connectivity index (χ3v) is 6.40. The van der Waals surface area contributed by atoms with Crippen LogP contribution in [0.15, 0.2) is 66.6 Å². The van der Waals surface area contributed by atoms with Gasteiger partial charge in [0.1, 0.15) is 11.2 Å². The monoisotopic (exact) mass is 451 g/mol. The van der Waals surface area contributed by atoms with Crippen LogP contribution in [-0.4, -0.2) is 36.2 Å². The van der Waals surface area contributed by atoms with E-state index in [1.807, 2.05) is 36.9 Å². The number of aromatic amines is 2. The van der Waals surface area contributed by atoms with Crippen LogP contribution in [0.5, 0.6) is 0 Å². The number of nitrogens with zero attached hydrogens (tertiary/aromatic N) is 4. The van der Waals surface area contributed by atoms with Gasteiger partial charge in [-0.15, -0.1) is 11.3 Å². The molecular weight excluding hydrogens is 430 g/mol. The molecule has 0 saturated heterocycles. The highest BCUT2D eigenvalue weighted by Gasteiger charge is 2.16. The fourth-order valence-corrected chi connectivity index (χ4v) is 4.78. The van der Waals surface area contributed by atoms with Crippen LogP contribution in [0.1, 0.15) is 13.8 Å². The maximum atomic E-state index is 4.92. The van der Waals surface area contributed by atoms with E-state index in [0.717, 1.165) is 54.9 Å². The zero-order valence-electron chi connectivity index (χ0n) is 18.1. The Morgan fingerprint density at radius 1 is 0.939 bits per heavy atom. The quantitative estimate of drug-likeness (QED) is 0.294. The standard InChI is InChI=1S/C25H21N7S/c1-14(2)28-17-8-16(10-26-11-17)15-5-6-20-18(9-15)24(32-31-20)25-29-21-13-27-12-19(23(21)30-25)22-4-3-7-33-22/h3-14,28H,1-2H3,(H,29,30)(H,31,32). The zero-order chi connectivity index (χ0) is 22.4. The van der Waals surface area contributed by atoms with Crippen molar-refractivity contribution in [2.75, 3.05) is 5.32 Å². The van der Waals surface area contributed by atoms with Crippen molar-refractivity contribution in [2.45, 2.75) is 19.9 Å². The molecule has 0 radical (unpaired) electrons. The van der Waals surface area contributed by atoms with Crippen molar-refractivity contribution in [1.82, 2.24) is 30.1 Å². The normalized spacial score (nSPS) is 11.6. The van der Waals surface area contributed by atoms with E-state index in [9.17, 15) is 0 Å². The number of fused-ring (bicyclic) bond motifs is 2. The average molecular weight is 452 g/mol. The SMILES string of the molecule is CC(C)Nc1cncc(-c2ccc3[nH]nc(-c4nc5c(-c6cccs6)cncc5[nH]4)c3c2)c1. The zero-order valence-corrected chi connectivity index (χ0v) is 18.9. The Morgan fingerprint density at radius 2 is 1.85 bits per heavy atom. The van der Waals surface area contributed by atoms with Gasteiger partial charge >= 0.3 is 0 Å². The van der Waals surface area contributed by atoms with Crippen molar-refractivity contribution in [2.24, 2.45) is 0 Å². The minimum absolute atomic E-state index is 0.339. The molecule has 6 rings (SSSR count). The Morgan fingerprint density at radius 3 is 2.70 bits per heavy atom. The molecule has 1 aromatic carbocycles. The van der Waals surface area contributed by atoms with Gasteiger partial charge in [-0.1, -0.05) is 12.1 Å². The lowest BCUT2D eigenvalue weighted by Crippen LogP contribution is -2.09. The van der Waals surface area contributed by atoms with Crippen molar-refractivity contribution >= 4 is 39.0 Å². The summed E-state index contributed by atoms with van der Waals surface area (Å²) in [5.41, 5.74) is 7.66. The van der Waals surface area contributed by atoms with E-state index >= 15 is 0 Å². The molecule has 162 valence electrons. The van der Waals surface area contributed by atoms with Gasteiger partial charge < -0.3 is 10.3 Å². The molecule has 0 amide bonds. The lowest BCUT2D eigenvalue weighted by Gasteiger charge is -2.11. The first-order valence-corrected chi connectivity index (χ1v) is 11.6. The number of H-pyrrole nitrogens is 2. The minimum atomic E-state index is 0.339. The first-order chi connectivity index (χ1) is 16.2. The molecule has 0 spiro atoms. The number of pyridine rings is 2. The van der Waals surface area contributed by atoms with Gasteiger partial charge in [-0.25, -0.2) is 4.98 Å². The fourth-order valence-electron chi connectivity index (χ4n) is 4.04. The van der Waals surface area contributed by atoms with Crippen LogP contribution >= 0.6 is 11.3 Å². The molecule has 6 aromatic rings. The summed E-state index contributed by atoms with van der Waals surface area (Å²) in [5, 5.41) is 14.2. The van der Waals surface area contributed by atoms with Gasteiger partial charge in [0.25, 0.3) is 0 Å². The summed E-state index contributed by atoms with van der Waals surface area (Å²) in [6.07, 6.45) is 7.40.